The van der Waals surface area contributed by atoms with Crippen LogP contribution in [0, 0.1) is 5.92 Å². The Hall–Kier alpha value is -3.68. The molecule has 27 heavy (non-hydrogen) atoms. The van der Waals surface area contributed by atoms with Gasteiger partial charge in [0.25, 0.3) is 5.91 Å². The molecule has 0 bridgehead atoms. The number of barbiturate groups is 1. The molecule has 8 nitrogen and oxygen atoms in total. The number of nitrogens with one attached hydrogen (secondary N) is 1. The number of aliphatic imine (C=N–C) groups is 1. The first-order valence-corrected chi connectivity index (χ1v) is 8.04. The molecule has 1 saturated heterocycles. The molecule has 0 aliphatic carbocycles. The minimum absolute atomic E-state index is 0.327. The lowest BCUT2D eigenvalue weighted by molar-refractivity contribution is -0.131. The van der Waals surface area contributed by atoms with Crippen LogP contribution >= 0.6 is 0 Å². The van der Waals surface area contributed by atoms with E-state index >= 15 is 0 Å². The maximum atomic E-state index is 12.7. The van der Waals surface area contributed by atoms with Gasteiger partial charge in [-0.3, -0.25) is 19.9 Å². The second-order valence-electron chi connectivity index (χ2n) is 5.62. The maximum absolute atomic E-state index is 12.7. The summed E-state index contributed by atoms with van der Waals surface area (Å²) in [5.41, 5.74) is 0.873. The van der Waals surface area contributed by atoms with Crippen LogP contribution in [0.25, 0.3) is 0 Å². The van der Waals surface area contributed by atoms with E-state index in [1.54, 1.807) is 55.6 Å². The van der Waals surface area contributed by atoms with E-state index in [0.29, 0.717) is 22.9 Å². The fourth-order valence-electron chi connectivity index (χ4n) is 2.53. The van der Waals surface area contributed by atoms with Gasteiger partial charge in [-0.05, 0) is 48.5 Å². The minimum atomic E-state index is -1.22. The number of methoxy groups -OCH3 is 2. The molecule has 1 N–H and O–H groups in total. The monoisotopic (exact) mass is 367 g/mol. The number of benzene rings is 2. The lowest BCUT2D eigenvalue weighted by Gasteiger charge is -2.28. The molecule has 0 saturated carbocycles. The number of rotatable bonds is 5. The average molecular weight is 367 g/mol. The van der Waals surface area contributed by atoms with Crippen LogP contribution in [0.1, 0.15) is 0 Å². The average Bonchev–Trinajstić information content (AvgIpc) is 2.68. The highest BCUT2D eigenvalue weighted by Crippen LogP contribution is 2.24. The summed E-state index contributed by atoms with van der Waals surface area (Å²) in [6, 6.07) is 12.3. The zero-order chi connectivity index (χ0) is 19.4. The molecule has 2 aromatic rings. The van der Waals surface area contributed by atoms with E-state index in [1.807, 2.05) is 0 Å². The zero-order valence-corrected chi connectivity index (χ0v) is 14.7. The van der Waals surface area contributed by atoms with Crippen molar-refractivity contribution < 1.29 is 23.9 Å². The molecule has 1 atom stereocenters. The molecule has 4 amide bonds. The predicted octanol–water partition coefficient (Wildman–Crippen LogP) is 2.31. The van der Waals surface area contributed by atoms with Crippen LogP contribution in [0.2, 0.25) is 0 Å². The molecule has 1 fully saturated rings. The number of hydrogen-bond donors (Lipinski definition) is 1. The highest BCUT2D eigenvalue weighted by atomic mass is 16.5. The molecule has 3 rings (SSSR count). The van der Waals surface area contributed by atoms with Gasteiger partial charge in [0.05, 0.1) is 25.6 Å². The van der Waals surface area contributed by atoms with Crippen molar-refractivity contribution in [3.05, 3.63) is 48.5 Å². The van der Waals surface area contributed by atoms with Crippen molar-refractivity contribution in [2.45, 2.75) is 0 Å². The molecule has 0 radical (unpaired) electrons. The van der Waals surface area contributed by atoms with E-state index in [1.165, 1.54) is 13.3 Å². The topological polar surface area (TPSA) is 97.3 Å². The quantitative estimate of drug-likeness (QED) is 0.646. The van der Waals surface area contributed by atoms with E-state index < -0.39 is 23.8 Å². The van der Waals surface area contributed by atoms with Crippen LogP contribution in [-0.2, 0) is 9.59 Å². The van der Waals surface area contributed by atoms with Gasteiger partial charge in [-0.25, -0.2) is 9.69 Å². The largest absolute Gasteiger partial charge is 0.497 e. The number of hydrogen-bond acceptors (Lipinski definition) is 6. The van der Waals surface area contributed by atoms with Gasteiger partial charge < -0.3 is 9.47 Å². The lowest BCUT2D eigenvalue weighted by atomic mass is 10.1. The van der Waals surface area contributed by atoms with Crippen molar-refractivity contribution in [3.8, 4) is 11.5 Å². The van der Waals surface area contributed by atoms with Gasteiger partial charge in [0.2, 0.25) is 5.91 Å². The van der Waals surface area contributed by atoms with Crippen molar-refractivity contribution >= 4 is 35.4 Å². The highest BCUT2D eigenvalue weighted by molar-refractivity contribution is 6.32. The molecule has 2 aromatic carbocycles. The molecular formula is C19H17N3O5. The van der Waals surface area contributed by atoms with Crippen LogP contribution in [0.5, 0.6) is 11.5 Å². The summed E-state index contributed by atoms with van der Waals surface area (Å²) in [5.74, 6) is -1.36. The molecular weight excluding hydrogens is 350 g/mol. The Morgan fingerprint density at radius 3 is 2.04 bits per heavy atom. The van der Waals surface area contributed by atoms with E-state index in [0.717, 1.165) is 4.90 Å². The Morgan fingerprint density at radius 2 is 1.48 bits per heavy atom. The van der Waals surface area contributed by atoms with Crippen LogP contribution in [0.4, 0.5) is 16.2 Å². The number of anilines is 1. The Bertz CT molecular complexity index is 891. The predicted molar refractivity (Wildman–Crippen MR) is 98.7 cm³/mol. The summed E-state index contributed by atoms with van der Waals surface area (Å²) in [4.78, 5) is 42.0. The Balaban J connectivity index is 1.83. The Kier molecular flexibility index (Phi) is 5.16. The van der Waals surface area contributed by atoms with Crippen molar-refractivity contribution in [3.63, 3.8) is 0 Å². The zero-order valence-electron chi connectivity index (χ0n) is 14.7. The molecule has 0 unspecified atom stereocenters. The first kappa shape index (κ1) is 18.1. The summed E-state index contributed by atoms with van der Waals surface area (Å²) in [7, 11) is 3.06. The van der Waals surface area contributed by atoms with Gasteiger partial charge >= 0.3 is 6.03 Å². The minimum Gasteiger partial charge on any atom is -0.497 e. The maximum Gasteiger partial charge on any atom is 0.335 e. The molecule has 0 aromatic heterocycles. The molecule has 8 heteroatoms. The summed E-state index contributed by atoms with van der Waals surface area (Å²) >= 11 is 0. The number of amides is 4. The van der Waals surface area contributed by atoms with Crippen molar-refractivity contribution in [2.24, 2.45) is 10.9 Å². The van der Waals surface area contributed by atoms with Crippen molar-refractivity contribution in [1.29, 1.82) is 0 Å². The van der Waals surface area contributed by atoms with Gasteiger partial charge in [-0.15, -0.1) is 0 Å². The number of urea groups is 1. The van der Waals surface area contributed by atoms with E-state index in [2.05, 4.69) is 10.3 Å². The van der Waals surface area contributed by atoms with Crippen LogP contribution in [0.15, 0.2) is 53.5 Å². The molecule has 1 aliphatic rings. The highest BCUT2D eigenvalue weighted by Gasteiger charge is 2.40. The number of ether oxygens (including phenoxy) is 2. The second kappa shape index (κ2) is 7.69. The lowest BCUT2D eigenvalue weighted by Crippen LogP contribution is -2.58. The smallest absolute Gasteiger partial charge is 0.335 e. The first-order chi connectivity index (χ1) is 13.0. The van der Waals surface area contributed by atoms with Gasteiger partial charge in [-0.1, -0.05) is 0 Å². The molecule has 1 aliphatic heterocycles. The van der Waals surface area contributed by atoms with Crippen molar-refractivity contribution in [2.75, 3.05) is 19.1 Å². The molecule has 138 valence electrons. The van der Waals surface area contributed by atoms with E-state index in [9.17, 15) is 14.4 Å². The fourth-order valence-corrected chi connectivity index (χ4v) is 2.53. The van der Waals surface area contributed by atoms with E-state index in [4.69, 9.17) is 9.47 Å². The summed E-state index contributed by atoms with van der Waals surface area (Å²) in [6.45, 7) is 0. The summed E-state index contributed by atoms with van der Waals surface area (Å²) in [6.07, 6.45) is 1.22. The van der Waals surface area contributed by atoms with Gasteiger partial charge in [-0.2, -0.15) is 0 Å². The fraction of sp³-hybridized carbons (Fsp3) is 0.158. The molecule has 0 spiro atoms. The third-order valence-corrected chi connectivity index (χ3v) is 3.98. The summed E-state index contributed by atoms with van der Waals surface area (Å²) < 4.78 is 10.1. The van der Waals surface area contributed by atoms with Crippen molar-refractivity contribution in [1.82, 2.24) is 5.32 Å². The summed E-state index contributed by atoms with van der Waals surface area (Å²) in [5, 5.41) is 2.18. The van der Waals surface area contributed by atoms with Crippen LogP contribution < -0.4 is 19.7 Å². The van der Waals surface area contributed by atoms with Gasteiger partial charge in [0, 0.05) is 6.21 Å². The molecule has 1 heterocycles. The number of carbonyl (C=O) groups excluding carboxylic acids is 3. The number of carbonyl (C=O) groups is 3. The second-order valence-corrected chi connectivity index (χ2v) is 5.62. The third kappa shape index (κ3) is 3.79. The normalized spacial score (nSPS) is 17.2. The van der Waals surface area contributed by atoms with Gasteiger partial charge in [0.1, 0.15) is 11.5 Å². The van der Waals surface area contributed by atoms with E-state index in [-0.39, 0.29) is 0 Å². The first-order valence-electron chi connectivity index (χ1n) is 8.04. The van der Waals surface area contributed by atoms with Crippen LogP contribution in [-0.4, -0.2) is 38.3 Å². The standard InChI is InChI=1S/C19H17N3O5/c1-26-14-7-3-12(4-8-14)20-11-16-17(23)21-19(25)22(18(16)24)13-5-9-15(27-2)10-6-13/h3-11,16H,1-2H3,(H,21,23,25)/t16-/m0/s1. The number of imide groups is 2. The number of nitrogens with zero attached hydrogens (tertiary/aromatic N) is 2. The Labute approximate surface area is 155 Å². The van der Waals surface area contributed by atoms with Gasteiger partial charge in [0.15, 0.2) is 5.92 Å². The SMILES string of the molecule is COc1ccc(N=C[C@H]2C(=O)NC(=O)N(c3ccc(OC)cc3)C2=O)cc1. The Morgan fingerprint density at radius 1 is 0.926 bits per heavy atom. The van der Waals surface area contributed by atoms with Crippen LogP contribution in [0.3, 0.4) is 0 Å². The third-order valence-electron chi connectivity index (χ3n) is 3.98.